The maximum atomic E-state index is 13.3. The second kappa shape index (κ2) is 7.66. The predicted molar refractivity (Wildman–Crippen MR) is 99.5 cm³/mol. The zero-order chi connectivity index (χ0) is 19.7. The number of nitrogens with one attached hydrogen (secondary N) is 1. The van der Waals surface area contributed by atoms with Gasteiger partial charge in [-0.2, -0.15) is 0 Å². The maximum absolute atomic E-state index is 13.3. The van der Waals surface area contributed by atoms with E-state index in [1.165, 1.54) is 29.9 Å². The lowest BCUT2D eigenvalue weighted by atomic mass is 10.1. The Morgan fingerprint density at radius 2 is 2.11 bits per heavy atom. The van der Waals surface area contributed by atoms with Crippen LogP contribution in [0.2, 0.25) is 5.02 Å². The molecule has 0 unspecified atom stereocenters. The second-order valence-corrected chi connectivity index (χ2v) is 7.02. The third-order valence-corrected chi connectivity index (χ3v) is 5.07. The highest BCUT2D eigenvalue weighted by atomic mass is 35.5. The van der Waals surface area contributed by atoms with Crippen LogP contribution < -0.4 is 16.6 Å². The Hall–Kier alpha value is -2.45. The van der Waals surface area contributed by atoms with E-state index in [9.17, 15) is 18.8 Å². The van der Waals surface area contributed by atoms with E-state index in [4.69, 9.17) is 11.6 Å². The van der Waals surface area contributed by atoms with Crippen LogP contribution in [-0.4, -0.2) is 39.1 Å². The minimum absolute atomic E-state index is 0.0179. The molecule has 1 aliphatic rings. The molecule has 1 aromatic carbocycles. The Labute approximate surface area is 160 Å². The van der Waals surface area contributed by atoms with Crippen LogP contribution in [0.15, 0.2) is 34.0 Å². The van der Waals surface area contributed by atoms with Gasteiger partial charge in [-0.3, -0.25) is 14.2 Å². The minimum atomic E-state index is -0.530. The molecule has 0 spiro atoms. The Balaban J connectivity index is 2.01. The monoisotopic (exact) mass is 394 g/mol. The lowest BCUT2D eigenvalue weighted by Crippen LogP contribution is -2.45. The zero-order valence-corrected chi connectivity index (χ0v) is 15.8. The molecule has 2 aromatic rings. The first-order valence-electron chi connectivity index (χ1n) is 8.52. The molecule has 1 N–H and O–H groups in total. The van der Waals surface area contributed by atoms with Crippen molar-refractivity contribution in [3.8, 4) is 0 Å². The van der Waals surface area contributed by atoms with Gasteiger partial charge in [0.2, 0.25) is 0 Å². The third-order valence-electron chi connectivity index (χ3n) is 4.76. The summed E-state index contributed by atoms with van der Waals surface area (Å²) in [6.07, 6.45) is 2.16. The molecule has 0 saturated carbocycles. The van der Waals surface area contributed by atoms with Gasteiger partial charge in [-0.05, 0) is 31.2 Å². The SMILES string of the molecule is Cn1cc(CN(C(=O)c2ccc(F)cc2Cl)[C@@H]2CCNC2)c(=O)n(C)c1=O. The quantitative estimate of drug-likeness (QED) is 0.835. The molecule has 1 saturated heterocycles. The van der Waals surface area contributed by atoms with Gasteiger partial charge in [0.15, 0.2) is 0 Å². The molecule has 9 heteroatoms. The summed E-state index contributed by atoms with van der Waals surface area (Å²) in [5, 5.41) is 3.21. The van der Waals surface area contributed by atoms with Crippen LogP contribution in [0, 0.1) is 5.82 Å². The average molecular weight is 395 g/mol. The Kier molecular flexibility index (Phi) is 5.48. The van der Waals surface area contributed by atoms with Crippen molar-refractivity contribution < 1.29 is 9.18 Å². The van der Waals surface area contributed by atoms with Crippen LogP contribution in [-0.2, 0) is 20.6 Å². The van der Waals surface area contributed by atoms with Crippen molar-refractivity contribution in [1.82, 2.24) is 19.4 Å². The van der Waals surface area contributed by atoms with Gasteiger partial charge < -0.3 is 14.8 Å². The van der Waals surface area contributed by atoms with Gasteiger partial charge >= 0.3 is 5.69 Å². The average Bonchev–Trinajstić information content (AvgIpc) is 3.15. The number of aromatic nitrogens is 2. The number of amides is 1. The van der Waals surface area contributed by atoms with E-state index in [1.807, 2.05) is 0 Å². The van der Waals surface area contributed by atoms with Crippen molar-refractivity contribution in [3.05, 3.63) is 67.2 Å². The summed E-state index contributed by atoms with van der Waals surface area (Å²) in [6.45, 7) is 1.35. The Morgan fingerprint density at radius 3 is 2.74 bits per heavy atom. The van der Waals surface area contributed by atoms with Crippen molar-refractivity contribution in [3.63, 3.8) is 0 Å². The van der Waals surface area contributed by atoms with Crippen molar-refractivity contribution in [2.45, 2.75) is 19.0 Å². The lowest BCUT2D eigenvalue weighted by Gasteiger charge is -2.29. The molecule has 0 aliphatic carbocycles. The fraction of sp³-hybridized carbons (Fsp3) is 0.389. The van der Waals surface area contributed by atoms with Gasteiger partial charge in [0.1, 0.15) is 5.82 Å². The molecule has 2 heterocycles. The van der Waals surface area contributed by atoms with Crippen molar-refractivity contribution in [2.24, 2.45) is 14.1 Å². The number of hydrogen-bond acceptors (Lipinski definition) is 4. The van der Waals surface area contributed by atoms with Crippen LogP contribution in [0.4, 0.5) is 4.39 Å². The van der Waals surface area contributed by atoms with Gasteiger partial charge in [-0.1, -0.05) is 11.6 Å². The fourth-order valence-corrected chi connectivity index (χ4v) is 3.51. The highest BCUT2D eigenvalue weighted by Crippen LogP contribution is 2.22. The number of carbonyl (C=O) groups is 1. The van der Waals surface area contributed by atoms with Crippen molar-refractivity contribution >= 4 is 17.5 Å². The number of hydrogen-bond donors (Lipinski definition) is 1. The standard InChI is InChI=1S/C18H20ClFN4O3/c1-22-9-11(16(25)23(2)18(22)27)10-24(13-5-6-21-8-13)17(26)14-4-3-12(20)7-15(14)19/h3-4,7,9,13,21H,5-6,8,10H2,1-2H3/t13-/m1/s1. The molecule has 27 heavy (non-hydrogen) atoms. The first-order valence-corrected chi connectivity index (χ1v) is 8.89. The largest absolute Gasteiger partial charge is 0.330 e. The zero-order valence-electron chi connectivity index (χ0n) is 15.0. The van der Waals surface area contributed by atoms with Gasteiger partial charge in [0.05, 0.1) is 22.7 Å². The minimum Gasteiger partial charge on any atom is -0.330 e. The normalized spacial score (nSPS) is 16.5. The summed E-state index contributed by atoms with van der Waals surface area (Å²) in [5.74, 6) is -0.915. The molecule has 1 atom stereocenters. The maximum Gasteiger partial charge on any atom is 0.330 e. The molecule has 1 amide bonds. The summed E-state index contributed by atoms with van der Waals surface area (Å²) < 4.78 is 15.7. The Morgan fingerprint density at radius 1 is 1.37 bits per heavy atom. The number of benzene rings is 1. The number of carbonyl (C=O) groups excluding carboxylic acids is 1. The molecule has 0 bridgehead atoms. The highest BCUT2D eigenvalue weighted by molar-refractivity contribution is 6.33. The molecule has 1 aromatic heterocycles. The molecule has 1 fully saturated rings. The highest BCUT2D eigenvalue weighted by Gasteiger charge is 2.29. The van der Waals surface area contributed by atoms with E-state index in [-0.39, 0.29) is 29.1 Å². The fourth-order valence-electron chi connectivity index (χ4n) is 3.26. The number of halogens is 2. The van der Waals surface area contributed by atoms with E-state index >= 15 is 0 Å². The summed E-state index contributed by atoms with van der Waals surface area (Å²) in [4.78, 5) is 39.1. The predicted octanol–water partition coefficient (Wildman–Crippen LogP) is 0.881. The van der Waals surface area contributed by atoms with Crippen LogP contribution >= 0.6 is 11.6 Å². The lowest BCUT2D eigenvalue weighted by molar-refractivity contribution is 0.0674. The molecule has 0 radical (unpaired) electrons. The molecule has 144 valence electrons. The van der Waals surface area contributed by atoms with Gasteiger partial charge in [0.25, 0.3) is 11.5 Å². The van der Waals surface area contributed by atoms with E-state index in [0.717, 1.165) is 23.6 Å². The summed E-state index contributed by atoms with van der Waals surface area (Å²) in [7, 11) is 2.94. The summed E-state index contributed by atoms with van der Waals surface area (Å²) in [5.41, 5.74) is -0.400. The molecule has 7 nitrogen and oxygen atoms in total. The second-order valence-electron chi connectivity index (χ2n) is 6.62. The number of rotatable bonds is 4. The van der Waals surface area contributed by atoms with Gasteiger partial charge in [-0.15, -0.1) is 0 Å². The summed E-state index contributed by atoms with van der Waals surface area (Å²) >= 11 is 6.07. The smallest absolute Gasteiger partial charge is 0.330 e. The van der Waals surface area contributed by atoms with E-state index in [1.54, 1.807) is 11.9 Å². The number of aryl methyl sites for hydroxylation is 1. The van der Waals surface area contributed by atoms with Crippen LogP contribution in [0.5, 0.6) is 0 Å². The number of nitrogens with zero attached hydrogens (tertiary/aromatic N) is 3. The summed E-state index contributed by atoms with van der Waals surface area (Å²) in [6, 6.07) is 3.47. The van der Waals surface area contributed by atoms with Crippen LogP contribution in [0.25, 0.3) is 0 Å². The first kappa shape index (κ1) is 19.3. The molecular formula is C18H20ClFN4O3. The third kappa shape index (κ3) is 3.81. The molecule has 3 rings (SSSR count). The van der Waals surface area contributed by atoms with E-state index < -0.39 is 17.1 Å². The van der Waals surface area contributed by atoms with Crippen LogP contribution in [0.3, 0.4) is 0 Å². The topological polar surface area (TPSA) is 76.3 Å². The molecular weight excluding hydrogens is 375 g/mol. The van der Waals surface area contributed by atoms with E-state index in [0.29, 0.717) is 12.1 Å². The van der Waals surface area contributed by atoms with Gasteiger partial charge in [0, 0.05) is 32.9 Å². The van der Waals surface area contributed by atoms with Gasteiger partial charge in [-0.25, -0.2) is 9.18 Å². The van der Waals surface area contributed by atoms with Crippen molar-refractivity contribution in [2.75, 3.05) is 13.1 Å². The van der Waals surface area contributed by atoms with Crippen LogP contribution in [0.1, 0.15) is 22.3 Å². The van der Waals surface area contributed by atoms with Crippen molar-refractivity contribution in [1.29, 1.82) is 0 Å². The first-order chi connectivity index (χ1) is 12.8. The molecule has 1 aliphatic heterocycles. The van der Waals surface area contributed by atoms with E-state index in [2.05, 4.69) is 5.32 Å². The Bertz CT molecular complexity index is 995.